The molecule has 0 radical (unpaired) electrons. The normalized spacial score (nSPS) is 23.3. The molecule has 0 N–H and O–H groups in total. The van der Waals surface area contributed by atoms with Gasteiger partial charge in [0.1, 0.15) is 0 Å². The molecule has 0 atom stereocenters. The number of hydrogen-bond donors (Lipinski definition) is 0. The van der Waals surface area contributed by atoms with E-state index in [0.29, 0.717) is 11.8 Å². The third-order valence-corrected chi connectivity index (χ3v) is 4.64. The van der Waals surface area contributed by atoms with Crippen molar-refractivity contribution in [1.82, 2.24) is 0 Å². The van der Waals surface area contributed by atoms with Gasteiger partial charge in [-0.3, -0.25) is 0 Å². The minimum atomic E-state index is 0.463. The molecule has 0 amide bonds. The van der Waals surface area contributed by atoms with Crippen LogP contribution in [0.1, 0.15) is 68.9 Å². The van der Waals surface area contributed by atoms with Crippen LogP contribution in [0.5, 0.6) is 0 Å². The van der Waals surface area contributed by atoms with E-state index in [4.69, 9.17) is 0 Å². The Hall–Kier alpha value is -1.11. The van der Waals surface area contributed by atoms with E-state index in [-0.39, 0.29) is 0 Å². The Bertz CT molecular complexity index is 396. The van der Waals surface area contributed by atoms with Gasteiger partial charge in [-0.25, -0.2) is 4.39 Å². The lowest BCUT2D eigenvalue weighted by Crippen LogP contribution is -2.11. The molecule has 1 aromatic rings. The fraction of sp³-hybridized carbons (Fsp3) is 0.579. The zero-order valence-electron chi connectivity index (χ0n) is 12.7. The van der Waals surface area contributed by atoms with Gasteiger partial charge >= 0.3 is 0 Å². The Kier molecular flexibility index (Phi) is 6.29. The van der Waals surface area contributed by atoms with Crippen LogP contribution in [0.2, 0.25) is 0 Å². The van der Waals surface area contributed by atoms with Crippen molar-refractivity contribution in [3.05, 3.63) is 47.8 Å². The van der Waals surface area contributed by atoms with Crippen molar-refractivity contribution in [1.29, 1.82) is 0 Å². The molecule has 1 saturated carbocycles. The van der Waals surface area contributed by atoms with Crippen LogP contribution in [0.4, 0.5) is 4.39 Å². The second kappa shape index (κ2) is 8.24. The van der Waals surface area contributed by atoms with E-state index in [0.717, 1.165) is 19.2 Å². The van der Waals surface area contributed by atoms with Gasteiger partial charge in [-0.1, -0.05) is 50.1 Å². The van der Waals surface area contributed by atoms with Crippen LogP contribution in [0.25, 0.3) is 0 Å². The Labute approximate surface area is 123 Å². The average molecular weight is 274 g/mol. The molecule has 0 aliphatic heterocycles. The van der Waals surface area contributed by atoms with Crippen LogP contribution >= 0.6 is 0 Å². The van der Waals surface area contributed by atoms with Gasteiger partial charge in [0, 0.05) is 0 Å². The van der Waals surface area contributed by atoms with Gasteiger partial charge in [-0.15, -0.1) is 0 Å². The zero-order valence-corrected chi connectivity index (χ0v) is 12.7. The van der Waals surface area contributed by atoms with E-state index in [9.17, 15) is 4.39 Å². The van der Waals surface area contributed by atoms with Crippen LogP contribution in [-0.4, -0.2) is 0 Å². The third kappa shape index (κ3) is 4.47. The van der Waals surface area contributed by atoms with Gasteiger partial charge in [0.15, 0.2) is 0 Å². The average Bonchev–Trinajstić information content (AvgIpc) is 2.49. The monoisotopic (exact) mass is 274 g/mol. The first-order chi connectivity index (χ1) is 9.83. The van der Waals surface area contributed by atoms with Gasteiger partial charge in [-0.2, -0.15) is 0 Å². The first-order valence-electron chi connectivity index (χ1n) is 8.19. The molecule has 1 aromatic carbocycles. The Morgan fingerprint density at radius 1 is 1.05 bits per heavy atom. The summed E-state index contributed by atoms with van der Waals surface area (Å²) in [5.41, 5.74) is 2.95. The number of hydrogen-bond acceptors (Lipinski definition) is 0. The molecular formula is C19H27F. The van der Waals surface area contributed by atoms with Crippen molar-refractivity contribution in [2.45, 2.75) is 64.2 Å². The van der Waals surface area contributed by atoms with Crippen molar-refractivity contribution < 1.29 is 4.39 Å². The number of rotatable bonds is 6. The largest absolute Gasteiger partial charge is 0.216 e. The standard InChI is InChI=1S/C19H27F/c1-2-3-4-5-16-6-10-18(11-7-16)19-12-8-17(9-13-19)14-15-20/h6-7,10-11,14-15,17,19H,2-5,8-9,12-13H2,1H3. The number of unbranched alkanes of at least 4 members (excludes halogenated alkanes) is 2. The number of benzene rings is 1. The van der Waals surface area contributed by atoms with E-state index < -0.39 is 0 Å². The number of allylic oxidation sites excluding steroid dienone is 1. The van der Waals surface area contributed by atoms with Gasteiger partial charge in [0.2, 0.25) is 0 Å². The number of halogens is 1. The van der Waals surface area contributed by atoms with Gasteiger partial charge in [-0.05, 0) is 61.5 Å². The lowest BCUT2D eigenvalue weighted by molar-refractivity contribution is 0.373. The summed E-state index contributed by atoms with van der Waals surface area (Å²) in [6.45, 7) is 2.25. The van der Waals surface area contributed by atoms with Crippen LogP contribution in [-0.2, 0) is 6.42 Å². The van der Waals surface area contributed by atoms with Crippen molar-refractivity contribution in [2.75, 3.05) is 0 Å². The maximum absolute atomic E-state index is 12.2. The summed E-state index contributed by atoms with van der Waals surface area (Å²) < 4.78 is 12.2. The topological polar surface area (TPSA) is 0 Å². The predicted octanol–water partition coefficient (Wildman–Crippen LogP) is 6.18. The van der Waals surface area contributed by atoms with Gasteiger partial charge < -0.3 is 0 Å². The lowest BCUT2D eigenvalue weighted by atomic mass is 9.78. The minimum absolute atomic E-state index is 0.463. The van der Waals surface area contributed by atoms with Crippen molar-refractivity contribution in [3.8, 4) is 0 Å². The maximum Gasteiger partial charge on any atom is 0.0829 e. The van der Waals surface area contributed by atoms with Gasteiger partial charge in [0.05, 0.1) is 6.33 Å². The molecule has 0 bridgehead atoms. The third-order valence-electron chi connectivity index (χ3n) is 4.64. The summed E-state index contributed by atoms with van der Waals surface area (Å²) in [5.74, 6) is 1.15. The molecule has 0 unspecified atom stereocenters. The molecule has 0 nitrogen and oxygen atoms in total. The SMILES string of the molecule is CCCCCc1ccc(C2CCC(C=CF)CC2)cc1. The highest BCUT2D eigenvalue weighted by molar-refractivity contribution is 5.26. The molecule has 1 aliphatic carbocycles. The van der Waals surface area contributed by atoms with Crippen molar-refractivity contribution in [3.63, 3.8) is 0 Å². The maximum atomic E-state index is 12.2. The summed E-state index contributed by atoms with van der Waals surface area (Å²) in [7, 11) is 0. The van der Waals surface area contributed by atoms with E-state index in [1.807, 2.05) is 0 Å². The molecule has 20 heavy (non-hydrogen) atoms. The highest BCUT2D eigenvalue weighted by Gasteiger charge is 2.20. The molecule has 110 valence electrons. The van der Waals surface area contributed by atoms with E-state index >= 15 is 0 Å². The number of aryl methyl sites for hydroxylation is 1. The quantitative estimate of drug-likeness (QED) is 0.544. The smallest absolute Gasteiger partial charge is 0.0829 e. The fourth-order valence-electron chi connectivity index (χ4n) is 3.28. The van der Waals surface area contributed by atoms with Crippen LogP contribution < -0.4 is 0 Å². The molecule has 1 aliphatic rings. The minimum Gasteiger partial charge on any atom is -0.216 e. The molecule has 1 heteroatoms. The van der Waals surface area contributed by atoms with Crippen LogP contribution in [0.15, 0.2) is 36.7 Å². The zero-order chi connectivity index (χ0) is 14.2. The van der Waals surface area contributed by atoms with Crippen molar-refractivity contribution in [2.24, 2.45) is 5.92 Å². The molecule has 0 spiro atoms. The Balaban J connectivity index is 1.84. The molecule has 0 heterocycles. The lowest BCUT2D eigenvalue weighted by Gasteiger charge is -2.27. The van der Waals surface area contributed by atoms with Crippen molar-refractivity contribution >= 4 is 0 Å². The highest BCUT2D eigenvalue weighted by atomic mass is 19.1. The summed E-state index contributed by atoms with van der Waals surface area (Å²) in [6.07, 6.45) is 12.2. The Morgan fingerprint density at radius 2 is 1.75 bits per heavy atom. The molecule has 0 saturated heterocycles. The van der Waals surface area contributed by atoms with E-state index in [1.165, 1.54) is 49.7 Å². The first-order valence-corrected chi connectivity index (χ1v) is 8.19. The molecule has 1 fully saturated rings. The molecule has 2 rings (SSSR count). The predicted molar refractivity (Wildman–Crippen MR) is 84.6 cm³/mol. The summed E-state index contributed by atoms with van der Waals surface area (Å²) in [6, 6.07) is 9.24. The first kappa shape index (κ1) is 15.3. The van der Waals surface area contributed by atoms with Gasteiger partial charge in [0.25, 0.3) is 0 Å². The second-order valence-corrected chi connectivity index (χ2v) is 6.13. The van der Waals surface area contributed by atoms with Crippen LogP contribution in [0.3, 0.4) is 0 Å². The molecular weight excluding hydrogens is 247 g/mol. The molecule has 0 aromatic heterocycles. The summed E-state index contributed by atoms with van der Waals surface area (Å²) in [5, 5.41) is 0. The fourth-order valence-corrected chi connectivity index (χ4v) is 3.28. The Morgan fingerprint density at radius 3 is 2.35 bits per heavy atom. The van der Waals surface area contributed by atoms with Crippen LogP contribution in [0, 0.1) is 5.92 Å². The second-order valence-electron chi connectivity index (χ2n) is 6.13. The summed E-state index contributed by atoms with van der Waals surface area (Å²) >= 11 is 0. The van der Waals surface area contributed by atoms with E-state index in [1.54, 1.807) is 6.08 Å². The summed E-state index contributed by atoms with van der Waals surface area (Å²) in [4.78, 5) is 0. The highest BCUT2D eigenvalue weighted by Crippen LogP contribution is 2.36. The van der Waals surface area contributed by atoms with E-state index in [2.05, 4.69) is 31.2 Å².